The highest BCUT2D eigenvalue weighted by Gasteiger charge is 2.30. The molecule has 0 radical (unpaired) electrons. The van der Waals surface area contributed by atoms with Crippen LogP contribution in [0.25, 0.3) is 0 Å². The van der Waals surface area contributed by atoms with Gasteiger partial charge < -0.3 is 10.1 Å². The third-order valence-corrected chi connectivity index (χ3v) is 4.91. The van der Waals surface area contributed by atoms with Crippen LogP contribution in [0.5, 0.6) is 5.75 Å². The predicted molar refractivity (Wildman–Crippen MR) is 102 cm³/mol. The Bertz CT molecular complexity index is 801. The number of nitrogens with one attached hydrogen (secondary N) is 1. The predicted octanol–water partition coefficient (Wildman–Crippen LogP) is 3.25. The first-order valence-electron chi connectivity index (χ1n) is 7.94. The van der Waals surface area contributed by atoms with Crippen molar-refractivity contribution in [1.29, 1.82) is 0 Å². The zero-order chi connectivity index (χ0) is 17.6. The van der Waals surface area contributed by atoms with E-state index in [1.165, 1.54) is 11.8 Å². The number of ether oxygens (including phenoxy) is 1. The van der Waals surface area contributed by atoms with Crippen molar-refractivity contribution in [2.75, 3.05) is 7.11 Å². The van der Waals surface area contributed by atoms with Crippen molar-refractivity contribution in [3.63, 3.8) is 0 Å². The fourth-order valence-corrected chi connectivity index (χ4v) is 3.38. The van der Waals surface area contributed by atoms with Crippen LogP contribution in [-0.4, -0.2) is 29.1 Å². The Hall–Kier alpha value is -2.60. The monoisotopic (exact) mass is 353 g/mol. The maximum Gasteiger partial charge on any atom is 0.239 e. The molecule has 0 saturated carbocycles. The van der Waals surface area contributed by atoms with Crippen LogP contribution in [0.3, 0.4) is 0 Å². The number of amidine groups is 1. The summed E-state index contributed by atoms with van der Waals surface area (Å²) >= 11 is 1.42. The van der Waals surface area contributed by atoms with Gasteiger partial charge in [0.05, 0.1) is 18.1 Å². The van der Waals surface area contributed by atoms with Gasteiger partial charge in [-0.2, -0.15) is 5.10 Å². The SMILES string of the molecule is COc1ccc(/C(C)=N\N=C2/NC(=O)C(Cc3ccccc3)S2)cc1. The standard InChI is InChI=1S/C19H19N3O2S/c1-13(15-8-10-16(24-2)11-9-15)21-22-19-20-18(23)17(25-19)12-14-6-4-3-5-7-14/h3-11,17H,12H2,1-2H3,(H,20,22,23)/b21-13-. The summed E-state index contributed by atoms with van der Waals surface area (Å²) in [5.41, 5.74) is 2.87. The Morgan fingerprint density at radius 2 is 1.88 bits per heavy atom. The van der Waals surface area contributed by atoms with Crippen LogP contribution < -0.4 is 10.1 Å². The van der Waals surface area contributed by atoms with Crippen molar-refractivity contribution in [2.45, 2.75) is 18.6 Å². The lowest BCUT2D eigenvalue weighted by Crippen LogP contribution is -2.25. The van der Waals surface area contributed by atoms with Crippen LogP contribution in [0.2, 0.25) is 0 Å². The van der Waals surface area contributed by atoms with Gasteiger partial charge >= 0.3 is 0 Å². The minimum atomic E-state index is -0.169. The van der Waals surface area contributed by atoms with Gasteiger partial charge in [-0.3, -0.25) is 4.79 Å². The molecule has 5 nitrogen and oxygen atoms in total. The number of hydrogen-bond acceptors (Lipinski definition) is 5. The first-order chi connectivity index (χ1) is 12.2. The van der Waals surface area contributed by atoms with Crippen molar-refractivity contribution in [1.82, 2.24) is 5.32 Å². The van der Waals surface area contributed by atoms with Gasteiger partial charge in [-0.05, 0) is 48.7 Å². The summed E-state index contributed by atoms with van der Waals surface area (Å²) in [5, 5.41) is 11.6. The Balaban J connectivity index is 1.66. The Kier molecular flexibility index (Phi) is 5.50. The second-order valence-corrected chi connectivity index (χ2v) is 6.80. The molecule has 1 unspecified atom stereocenters. The molecule has 1 fully saturated rings. The number of thioether (sulfide) groups is 1. The zero-order valence-electron chi connectivity index (χ0n) is 14.1. The molecule has 0 spiro atoms. The van der Waals surface area contributed by atoms with E-state index >= 15 is 0 Å². The van der Waals surface area contributed by atoms with Gasteiger partial charge in [0.15, 0.2) is 5.17 Å². The molecule has 2 aromatic rings. The number of rotatable bonds is 5. The van der Waals surface area contributed by atoms with Gasteiger partial charge in [-0.15, -0.1) is 5.10 Å². The van der Waals surface area contributed by atoms with Crippen molar-refractivity contribution in [2.24, 2.45) is 10.2 Å². The number of hydrogen-bond donors (Lipinski definition) is 1. The summed E-state index contributed by atoms with van der Waals surface area (Å²) in [6.45, 7) is 1.88. The largest absolute Gasteiger partial charge is 0.497 e. The third-order valence-electron chi connectivity index (χ3n) is 3.84. The Morgan fingerprint density at radius 3 is 2.56 bits per heavy atom. The lowest BCUT2D eigenvalue weighted by Gasteiger charge is -2.04. The Morgan fingerprint density at radius 1 is 1.16 bits per heavy atom. The van der Waals surface area contributed by atoms with Crippen LogP contribution in [0, 0.1) is 0 Å². The molecule has 1 N–H and O–H groups in total. The van der Waals surface area contributed by atoms with Crippen molar-refractivity contribution >= 4 is 28.5 Å². The average molecular weight is 353 g/mol. The maximum absolute atomic E-state index is 12.1. The van der Waals surface area contributed by atoms with Gasteiger partial charge in [0.25, 0.3) is 0 Å². The van der Waals surface area contributed by atoms with Crippen LogP contribution in [-0.2, 0) is 11.2 Å². The van der Waals surface area contributed by atoms with Gasteiger partial charge in [-0.25, -0.2) is 0 Å². The van der Waals surface area contributed by atoms with Crippen molar-refractivity contribution < 1.29 is 9.53 Å². The van der Waals surface area contributed by atoms with E-state index in [2.05, 4.69) is 15.5 Å². The molecule has 1 saturated heterocycles. The van der Waals surface area contributed by atoms with Gasteiger partial charge in [-0.1, -0.05) is 42.1 Å². The topological polar surface area (TPSA) is 63.1 Å². The summed E-state index contributed by atoms with van der Waals surface area (Å²) in [6.07, 6.45) is 0.678. The fourth-order valence-electron chi connectivity index (χ4n) is 2.43. The molecular weight excluding hydrogens is 334 g/mol. The number of carbonyl (C=O) groups excluding carboxylic acids is 1. The zero-order valence-corrected chi connectivity index (χ0v) is 14.9. The summed E-state index contributed by atoms with van der Waals surface area (Å²) in [5.74, 6) is 0.773. The number of carbonyl (C=O) groups is 1. The van der Waals surface area contributed by atoms with Gasteiger partial charge in [0.1, 0.15) is 5.75 Å². The third kappa shape index (κ3) is 4.48. The van der Waals surface area contributed by atoms with Crippen LogP contribution in [0.4, 0.5) is 0 Å². The van der Waals surface area contributed by atoms with E-state index < -0.39 is 0 Å². The summed E-state index contributed by atoms with van der Waals surface area (Å²) in [7, 11) is 1.63. The number of amides is 1. The van der Waals surface area contributed by atoms with E-state index in [0.29, 0.717) is 11.6 Å². The average Bonchev–Trinajstić information content (AvgIpc) is 3.00. The maximum atomic E-state index is 12.1. The minimum Gasteiger partial charge on any atom is -0.497 e. The molecule has 25 heavy (non-hydrogen) atoms. The lowest BCUT2D eigenvalue weighted by molar-refractivity contribution is -0.118. The molecule has 0 aromatic heterocycles. The van der Waals surface area contributed by atoms with E-state index in [0.717, 1.165) is 22.6 Å². The quantitative estimate of drug-likeness (QED) is 0.663. The second kappa shape index (κ2) is 7.98. The molecule has 2 aromatic carbocycles. The van der Waals surface area contributed by atoms with Crippen LogP contribution in [0.15, 0.2) is 64.8 Å². The van der Waals surface area contributed by atoms with E-state index in [9.17, 15) is 4.79 Å². The van der Waals surface area contributed by atoms with Gasteiger partial charge in [0.2, 0.25) is 5.91 Å². The second-order valence-electron chi connectivity index (χ2n) is 5.60. The number of benzene rings is 2. The molecule has 1 heterocycles. The molecule has 0 bridgehead atoms. The van der Waals surface area contributed by atoms with Crippen molar-refractivity contribution in [3.8, 4) is 5.75 Å². The summed E-state index contributed by atoms with van der Waals surface area (Å²) < 4.78 is 5.14. The molecule has 6 heteroatoms. The molecule has 1 atom stereocenters. The van der Waals surface area contributed by atoms with E-state index in [-0.39, 0.29) is 11.2 Å². The summed E-state index contributed by atoms with van der Waals surface area (Å²) in [4.78, 5) is 12.1. The molecule has 128 valence electrons. The fraction of sp³-hybridized carbons (Fsp3) is 0.211. The van der Waals surface area contributed by atoms with Crippen LogP contribution in [0.1, 0.15) is 18.1 Å². The molecule has 1 aliphatic rings. The van der Waals surface area contributed by atoms with E-state index in [1.54, 1.807) is 7.11 Å². The Labute approximate surface area is 151 Å². The highest BCUT2D eigenvalue weighted by atomic mass is 32.2. The van der Waals surface area contributed by atoms with Crippen LogP contribution >= 0.6 is 11.8 Å². The van der Waals surface area contributed by atoms with E-state index in [4.69, 9.17) is 4.74 Å². The van der Waals surface area contributed by atoms with Gasteiger partial charge in [0, 0.05) is 0 Å². The number of methoxy groups -OCH3 is 1. The first kappa shape index (κ1) is 17.2. The molecule has 1 aliphatic heterocycles. The molecular formula is C19H19N3O2S. The highest BCUT2D eigenvalue weighted by Crippen LogP contribution is 2.23. The summed E-state index contributed by atoms with van der Waals surface area (Å²) in [6, 6.07) is 17.6. The van der Waals surface area contributed by atoms with E-state index in [1.807, 2.05) is 61.5 Å². The number of nitrogens with zero attached hydrogens (tertiary/aromatic N) is 2. The highest BCUT2D eigenvalue weighted by molar-refractivity contribution is 8.15. The minimum absolute atomic E-state index is 0.0232. The molecule has 3 rings (SSSR count). The molecule has 1 amide bonds. The smallest absolute Gasteiger partial charge is 0.239 e. The first-order valence-corrected chi connectivity index (χ1v) is 8.82. The normalized spacial score (nSPS) is 19.1. The van der Waals surface area contributed by atoms with Crippen molar-refractivity contribution in [3.05, 3.63) is 65.7 Å². The lowest BCUT2D eigenvalue weighted by atomic mass is 10.1. The molecule has 0 aliphatic carbocycles.